The van der Waals surface area contributed by atoms with Crippen LogP contribution in [0.2, 0.25) is 0 Å². The molecule has 0 N–H and O–H groups in total. The van der Waals surface area contributed by atoms with Crippen molar-refractivity contribution >= 4 is 20.9 Å². The molecule has 3 rings (SSSR count). The summed E-state index contributed by atoms with van der Waals surface area (Å²) in [5.41, 5.74) is 0.438. The molecule has 10 heteroatoms. The molecule has 208 valence electrons. The normalized spacial score (nSPS) is 15.6. The third kappa shape index (κ3) is 6.47. The lowest BCUT2D eigenvalue weighted by Gasteiger charge is -2.37. The first kappa shape index (κ1) is 30.2. The van der Waals surface area contributed by atoms with Crippen LogP contribution in [0.3, 0.4) is 0 Å². The van der Waals surface area contributed by atoms with Gasteiger partial charge >= 0.3 is 5.97 Å². The van der Waals surface area contributed by atoms with Crippen LogP contribution in [-0.2, 0) is 10.2 Å². The van der Waals surface area contributed by atoms with E-state index >= 15 is 0 Å². The Labute approximate surface area is 228 Å². The molecule has 0 bridgehead atoms. The zero-order valence-electron chi connectivity index (χ0n) is 22.5. The van der Waals surface area contributed by atoms with Gasteiger partial charge in [-0.05, 0) is 37.0 Å². The van der Waals surface area contributed by atoms with Crippen LogP contribution >= 0.6 is 9.24 Å². The SMILES string of the molecule is CC(F)/C(F)=C(P)\C(=C(\F)CF)n1ccnc1-c1ccccc1C(C)(C)[C@@H](C)C(C)OC(=O)c1ccccn1. The molecule has 0 saturated heterocycles. The van der Waals surface area contributed by atoms with Gasteiger partial charge in [0.15, 0.2) is 5.83 Å². The Morgan fingerprint density at radius 3 is 2.33 bits per heavy atom. The van der Waals surface area contributed by atoms with Crippen LogP contribution in [0.1, 0.15) is 50.7 Å². The third-order valence-electron chi connectivity index (χ3n) is 6.99. The van der Waals surface area contributed by atoms with Gasteiger partial charge < -0.3 is 4.74 Å². The van der Waals surface area contributed by atoms with E-state index < -0.39 is 53.0 Å². The predicted molar refractivity (Wildman–Crippen MR) is 148 cm³/mol. The fourth-order valence-electron chi connectivity index (χ4n) is 4.37. The van der Waals surface area contributed by atoms with Crippen molar-refractivity contribution in [2.45, 2.75) is 52.3 Å². The predicted octanol–water partition coefficient (Wildman–Crippen LogP) is 7.63. The maximum atomic E-state index is 14.8. The molecule has 4 atom stereocenters. The third-order valence-corrected chi connectivity index (χ3v) is 7.54. The number of aromatic nitrogens is 3. The summed E-state index contributed by atoms with van der Waals surface area (Å²) < 4.78 is 63.6. The molecule has 2 aromatic heterocycles. The van der Waals surface area contributed by atoms with Crippen molar-refractivity contribution < 1.29 is 27.1 Å². The number of benzene rings is 1. The van der Waals surface area contributed by atoms with Crippen LogP contribution in [0, 0.1) is 5.92 Å². The summed E-state index contributed by atoms with van der Waals surface area (Å²) in [5.74, 6) is -3.06. The van der Waals surface area contributed by atoms with E-state index in [1.54, 1.807) is 37.3 Å². The van der Waals surface area contributed by atoms with Gasteiger partial charge in [-0.25, -0.2) is 32.3 Å². The van der Waals surface area contributed by atoms with Gasteiger partial charge in [0.2, 0.25) is 0 Å². The summed E-state index contributed by atoms with van der Waals surface area (Å²) in [4.78, 5) is 21.0. The van der Waals surface area contributed by atoms with Crippen LogP contribution in [0.25, 0.3) is 17.1 Å². The number of rotatable bonds is 10. The molecule has 0 aliphatic heterocycles. The van der Waals surface area contributed by atoms with Crippen molar-refractivity contribution in [3.8, 4) is 11.4 Å². The molecule has 0 aliphatic rings. The van der Waals surface area contributed by atoms with Crippen LogP contribution < -0.4 is 0 Å². The molecule has 0 spiro atoms. The van der Waals surface area contributed by atoms with E-state index in [1.807, 2.05) is 42.1 Å². The van der Waals surface area contributed by atoms with E-state index in [0.717, 1.165) is 12.5 Å². The topological polar surface area (TPSA) is 57.0 Å². The Hall–Kier alpha value is -3.32. The van der Waals surface area contributed by atoms with Gasteiger partial charge in [-0.2, -0.15) is 0 Å². The minimum atomic E-state index is -2.02. The van der Waals surface area contributed by atoms with E-state index in [2.05, 4.69) is 9.97 Å². The van der Waals surface area contributed by atoms with Crippen molar-refractivity contribution in [2.75, 3.05) is 6.67 Å². The molecule has 1 aromatic carbocycles. The number of alkyl halides is 2. The number of imidazole rings is 1. The van der Waals surface area contributed by atoms with Gasteiger partial charge in [0.25, 0.3) is 0 Å². The number of ether oxygens (including phenoxy) is 1. The second-order valence-electron chi connectivity index (χ2n) is 9.77. The summed E-state index contributed by atoms with van der Waals surface area (Å²) in [6.45, 7) is 7.14. The zero-order chi connectivity index (χ0) is 28.9. The second-order valence-corrected chi connectivity index (χ2v) is 10.3. The lowest BCUT2D eigenvalue weighted by Crippen LogP contribution is -2.37. The first-order valence-electron chi connectivity index (χ1n) is 12.4. The Morgan fingerprint density at radius 1 is 1.05 bits per heavy atom. The van der Waals surface area contributed by atoms with E-state index in [-0.39, 0.29) is 17.4 Å². The fourth-order valence-corrected chi connectivity index (χ4v) is 4.89. The monoisotopic (exact) mass is 561 g/mol. The number of hydrogen-bond acceptors (Lipinski definition) is 4. The molecule has 3 aromatic rings. The van der Waals surface area contributed by atoms with Gasteiger partial charge in [-0.15, -0.1) is 9.24 Å². The van der Waals surface area contributed by atoms with E-state index in [0.29, 0.717) is 5.56 Å². The largest absolute Gasteiger partial charge is 0.458 e. The summed E-state index contributed by atoms with van der Waals surface area (Å²) >= 11 is 0. The molecule has 3 unspecified atom stereocenters. The number of pyridine rings is 1. The Morgan fingerprint density at radius 2 is 1.72 bits per heavy atom. The van der Waals surface area contributed by atoms with Crippen LogP contribution in [0.15, 0.2) is 78.0 Å². The first-order valence-corrected chi connectivity index (χ1v) is 13.0. The number of esters is 1. The second kappa shape index (κ2) is 12.7. The van der Waals surface area contributed by atoms with Crippen molar-refractivity contribution in [2.24, 2.45) is 5.92 Å². The quantitative estimate of drug-likeness (QED) is 0.111. The maximum Gasteiger partial charge on any atom is 0.357 e. The highest BCUT2D eigenvalue weighted by molar-refractivity contribution is 7.24. The summed E-state index contributed by atoms with van der Waals surface area (Å²) in [5, 5.41) is -0.445. The molecular formula is C29H32F4N3O2P. The molecular weight excluding hydrogens is 529 g/mol. The fraction of sp³-hybridized carbons (Fsp3) is 0.345. The van der Waals surface area contributed by atoms with E-state index in [9.17, 15) is 22.4 Å². The summed E-state index contributed by atoms with van der Waals surface area (Å²) in [7, 11) is 1.97. The molecule has 0 aliphatic carbocycles. The number of allylic oxidation sites excluding steroid dienone is 4. The highest BCUT2D eigenvalue weighted by Crippen LogP contribution is 2.42. The van der Waals surface area contributed by atoms with Gasteiger partial charge in [0.05, 0.1) is 5.70 Å². The molecule has 39 heavy (non-hydrogen) atoms. The highest BCUT2D eigenvalue weighted by atomic mass is 31.0. The van der Waals surface area contributed by atoms with Gasteiger partial charge in [-0.1, -0.05) is 51.1 Å². The number of nitrogens with zero attached hydrogens (tertiary/aromatic N) is 3. The minimum Gasteiger partial charge on any atom is -0.458 e. The molecule has 0 radical (unpaired) electrons. The van der Waals surface area contributed by atoms with Crippen LogP contribution in [0.4, 0.5) is 17.6 Å². The van der Waals surface area contributed by atoms with Crippen LogP contribution in [-0.4, -0.2) is 39.5 Å². The van der Waals surface area contributed by atoms with E-state index in [4.69, 9.17) is 4.74 Å². The van der Waals surface area contributed by atoms with E-state index in [1.165, 1.54) is 23.2 Å². The highest BCUT2D eigenvalue weighted by Gasteiger charge is 2.36. The molecule has 0 fully saturated rings. The Bertz CT molecular complexity index is 1370. The Balaban J connectivity index is 2.06. The average molecular weight is 562 g/mol. The van der Waals surface area contributed by atoms with Gasteiger partial charge in [-0.3, -0.25) is 4.57 Å². The lowest BCUT2D eigenvalue weighted by atomic mass is 9.70. The summed E-state index contributed by atoms with van der Waals surface area (Å²) in [6, 6.07) is 12.2. The molecule has 2 heterocycles. The number of halogens is 4. The minimum absolute atomic E-state index is 0.196. The van der Waals surface area contributed by atoms with Crippen molar-refractivity contribution in [1.82, 2.24) is 14.5 Å². The summed E-state index contributed by atoms with van der Waals surface area (Å²) in [6.07, 6.45) is 1.71. The number of carbonyl (C=O) groups excluding carboxylic acids is 1. The molecule has 0 amide bonds. The Kier molecular flexibility index (Phi) is 9.83. The number of hydrogen-bond donors (Lipinski definition) is 0. The maximum absolute atomic E-state index is 14.8. The van der Waals surface area contributed by atoms with Crippen molar-refractivity contribution in [3.05, 3.63) is 89.3 Å². The van der Waals surface area contributed by atoms with Crippen molar-refractivity contribution in [3.63, 3.8) is 0 Å². The smallest absolute Gasteiger partial charge is 0.357 e. The first-order chi connectivity index (χ1) is 18.4. The lowest BCUT2D eigenvalue weighted by molar-refractivity contribution is 0.0113. The van der Waals surface area contributed by atoms with Gasteiger partial charge in [0.1, 0.15) is 36.3 Å². The molecule has 0 saturated carbocycles. The molecule has 5 nitrogen and oxygen atoms in total. The van der Waals surface area contributed by atoms with Crippen LogP contribution in [0.5, 0.6) is 0 Å². The average Bonchev–Trinajstić information content (AvgIpc) is 3.41. The number of carbonyl (C=O) groups is 1. The standard InChI is InChI=1S/C29H32F4N3O2P/c1-17(19(3)38-28(37)23-12-8-9-13-34-23)29(4,5)21-11-7-6-10-20(21)27-35-14-15-36(27)25(22(32)16-30)26(39)24(33)18(2)31/h6-15,17-19H,16,39H2,1-5H3/b25-22-,26-24-/t17-,18?,19?/m0/s1. The van der Waals surface area contributed by atoms with Gasteiger partial charge in [0, 0.05) is 35.4 Å². The van der Waals surface area contributed by atoms with Crippen molar-refractivity contribution in [1.29, 1.82) is 0 Å². The zero-order valence-corrected chi connectivity index (χ0v) is 23.6.